The van der Waals surface area contributed by atoms with E-state index < -0.39 is 37.5 Å². The van der Waals surface area contributed by atoms with Crippen molar-refractivity contribution in [2.24, 2.45) is 17.3 Å². The summed E-state index contributed by atoms with van der Waals surface area (Å²) in [6.45, 7) is 13.9. The molecule has 2 aromatic carbocycles. The number of likely N-dealkylation sites (N-methyl/N-ethyl adjacent to an activating group) is 1. The predicted octanol–water partition coefficient (Wildman–Crippen LogP) is 6.49. The molecule has 8 bridgehead atoms. The molecule has 1 saturated carbocycles. The van der Waals surface area contributed by atoms with Gasteiger partial charge in [0.1, 0.15) is 17.4 Å². The number of nitrogens with one attached hydrogen (secondary N) is 2. The molecule has 4 aliphatic heterocycles. The maximum absolute atomic E-state index is 14.7. The molecule has 4 aromatic rings. The number of pyridine rings is 1. The maximum Gasteiger partial charge on any atom is 0.307 e. The third kappa shape index (κ3) is 8.78. The average Bonchev–Trinajstić information content (AvgIpc) is 3.90. The molecule has 1 aliphatic carbocycles. The van der Waals surface area contributed by atoms with Crippen molar-refractivity contribution in [2.45, 2.75) is 110 Å². The minimum atomic E-state index is -2.49. The second-order valence-electron chi connectivity index (χ2n) is 19.2. The summed E-state index contributed by atoms with van der Waals surface area (Å²) in [7, 11) is 0.714. The van der Waals surface area contributed by atoms with Gasteiger partial charge in [-0.1, -0.05) is 39.8 Å². The van der Waals surface area contributed by atoms with E-state index in [2.05, 4.69) is 53.6 Å². The van der Waals surface area contributed by atoms with Gasteiger partial charge in [0.05, 0.1) is 36.2 Å². The molecule has 4 fully saturated rings. The first kappa shape index (κ1) is 45.7. The van der Waals surface area contributed by atoms with Crippen LogP contribution in [0, 0.1) is 17.3 Å². The first-order valence-electron chi connectivity index (χ1n) is 22.6. The molecule has 3 atom stereocenters. The number of cyclic esters (lactones) is 1. The van der Waals surface area contributed by atoms with Gasteiger partial charge in [-0.15, -0.1) is 0 Å². The molecular weight excluding hydrogens is 845 g/mol. The summed E-state index contributed by atoms with van der Waals surface area (Å²) in [5, 5.41) is 17.2. The molecule has 3 N–H and O–H groups in total. The van der Waals surface area contributed by atoms with E-state index in [1.54, 1.807) is 37.5 Å². The fraction of sp³-hybridized carbons (Fsp3) is 0.521. The van der Waals surface area contributed by atoms with Crippen LogP contribution in [0.2, 0.25) is 5.54 Å². The average molecular weight is 906 g/mol. The number of fused-ring (bicyclic) bond motifs is 8. The number of phenols is 1. The second kappa shape index (κ2) is 18.2. The number of hydrazine groups is 1. The highest BCUT2D eigenvalue weighted by Crippen LogP contribution is 2.49. The van der Waals surface area contributed by atoms with Crippen molar-refractivity contribution in [3.05, 3.63) is 71.5 Å². The Hall–Kier alpha value is -4.88. The van der Waals surface area contributed by atoms with Crippen LogP contribution in [-0.2, 0) is 47.6 Å². The highest BCUT2D eigenvalue weighted by molar-refractivity contribution is 6.88. The van der Waals surface area contributed by atoms with E-state index in [-0.39, 0.29) is 57.5 Å². The zero-order valence-electron chi connectivity index (χ0n) is 38.2. The molecule has 2 aromatic heterocycles. The molecule has 64 heavy (non-hydrogen) atoms. The van der Waals surface area contributed by atoms with Crippen LogP contribution in [0.15, 0.2) is 54.7 Å². The largest absolute Gasteiger partial charge is 0.508 e. The number of aromatic hydroxyl groups is 1. The number of hydrogen-bond acceptors (Lipinski definition) is 10. The monoisotopic (exact) mass is 905 g/mol. The number of aromatic nitrogens is 2. The Bertz CT molecular complexity index is 2440. The number of phenolic OH excluding ortho intramolecular Hbond substituents is 1. The smallest absolute Gasteiger partial charge is 0.307 e. The molecule has 3 radical (unpaired) electrons. The fourth-order valence-electron chi connectivity index (χ4n) is 10.1. The molecular formula is C48H61N6O8Si2. The summed E-state index contributed by atoms with van der Waals surface area (Å²) in [4.78, 5) is 66.5. The van der Waals surface area contributed by atoms with E-state index in [1.165, 1.54) is 4.90 Å². The fourth-order valence-corrected chi connectivity index (χ4v) is 13.2. The minimum absolute atomic E-state index is 0.0354. The lowest BCUT2D eigenvalue weighted by Gasteiger charge is -2.40. The van der Waals surface area contributed by atoms with Crippen molar-refractivity contribution in [3.8, 4) is 28.1 Å². The van der Waals surface area contributed by atoms with Crippen LogP contribution in [0.4, 0.5) is 4.79 Å². The SMILES string of the molecule is CCn1c(-c2cccnc2[C@H](C)OC)c2c3cc(ccc31)-c1cc(O)cc(c1)C[Si](NC(=O)[C@H](C(C)C)N(C)C(=O)C13CC(CO1)C3)C(=O)N1CCC[C@H]([Si]N1)C(=O)OCC(C)(C)C2. The molecule has 6 heterocycles. The standard InChI is InChI=1S/C48H61N6O8Si2/c1-9-53-38-15-14-32-21-36(38)37(42(53)35-12-10-16-49-40(35)29(4)60-8)24-47(5,6)27-61-44(57)39-13-11-17-54(51-63-39)46(59)64(26-30-18-33(32)20-34(55)19-30)50-43(56)41(28(2)3)52(7)45(58)48-22-31(23-48)25-62-48/h10,12,14-16,18-21,28-29,31,39,41,51,55H,9,11,13,17,22-27H2,1-8H3,(H,50,56)/t29-,31?,39-,41-,48?/m0/s1. The van der Waals surface area contributed by atoms with Gasteiger partial charge < -0.3 is 33.8 Å². The minimum Gasteiger partial charge on any atom is -0.508 e. The van der Waals surface area contributed by atoms with E-state index in [0.717, 1.165) is 44.5 Å². The number of hydrogen-bond donors (Lipinski definition) is 3. The van der Waals surface area contributed by atoms with Crippen molar-refractivity contribution in [1.29, 1.82) is 0 Å². The first-order valence-corrected chi connectivity index (χ1v) is 25.4. The van der Waals surface area contributed by atoms with Crippen LogP contribution >= 0.6 is 0 Å². The van der Waals surface area contributed by atoms with Gasteiger partial charge in [-0.2, -0.15) is 0 Å². The van der Waals surface area contributed by atoms with Crippen molar-refractivity contribution in [2.75, 3.05) is 33.9 Å². The third-order valence-electron chi connectivity index (χ3n) is 13.4. The number of carbonyl (C=O) groups excluding carboxylic acids is 4. The Labute approximate surface area is 380 Å². The van der Waals surface area contributed by atoms with E-state index >= 15 is 0 Å². The second-order valence-corrected chi connectivity index (χ2v) is 22.4. The van der Waals surface area contributed by atoms with Crippen molar-refractivity contribution in [3.63, 3.8) is 0 Å². The number of benzene rings is 2. The number of esters is 1. The number of carbonyl (C=O) groups is 4. The quantitative estimate of drug-likeness (QED) is 0.125. The summed E-state index contributed by atoms with van der Waals surface area (Å²) < 4.78 is 20.2. The van der Waals surface area contributed by atoms with Gasteiger partial charge in [-0.25, -0.2) is 0 Å². The van der Waals surface area contributed by atoms with Gasteiger partial charge in [0.2, 0.25) is 11.4 Å². The van der Waals surface area contributed by atoms with E-state index in [1.807, 2.05) is 39.0 Å². The number of rotatable bonds is 9. The Morgan fingerprint density at radius 3 is 2.61 bits per heavy atom. The van der Waals surface area contributed by atoms with Gasteiger partial charge in [-0.3, -0.25) is 34.3 Å². The summed E-state index contributed by atoms with van der Waals surface area (Å²) in [5.41, 5.74) is 5.12. The van der Waals surface area contributed by atoms with Gasteiger partial charge >= 0.3 is 5.97 Å². The molecule has 14 nitrogen and oxygen atoms in total. The Morgan fingerprint density at radius 2 is 1.91 bits per heavy atom. The topological polar surface area (TPSA) is 165 Å². The lowest BCUT2D eigenvalue weighted by atomic mass is 9.73. The molecule has 3 saturated heterocycles. The number of aryl methyl sites for hydroxylation is 1. The third-order valence-corrected chi connectivity index (χ3v) is 16.8. The molecule has 16 heteroatoms. The van der Waals surface area contributed by atoms with Crippen molar-refractivity contribution in [1.82, 2.24) is 29.5 Å². The normalized spacial score (nSPS) is 23.5. The summed E-state index contributed by atoms with van der Waals surface area (Å²) in [5.74, 6) is -0.788. The van der Waals surface area contributed by atoms with Crippen LogP contribution in [0.1, 0.15) is 90.2 Å². The highest BCUT2D eigenvalue weighted by Gasteiger charge is 2.59. The number of amides is 3. The molecule has 9 rings (SSSR count). The summed E-state index contributed by atoms with van der Waals surface area (Å²) >= 11 is 0. The van der Waals surface area contributed by atoms with Gasteiger partial charge in [0.15, 0.2) is 9.68 Å². The molecule has 339 valence electrons. The van der Waals surface area contributed by atoms with E-state index in [4.69, 9.17) is 19.2 Å². The van der Waals surface area contributed by atoms with Crippen LogP contribution in [0.25, 0.3) is 33.3 Å². The van der Waals surface area contributed by atoms with Crippen LogP contribution in [0.3, 0.4) is 0 Å². The Kier molecular flexibility index (Phi) is 13.0. The zero-order valence-corrected chi connectivity index (χ0v) is 40.2. The number of methoxy groups -OCH3 is 1. The lowest BCUT2D eigenvalue weighted by molar-refractivity contribution is -0.159. The van der Waals surface area contributed by atoms with Gasteiger partial charge in [0, 0.05) is 55.3 Å². The van der Waals surface area contributed by atoms with Crippen LogP contribution in [0.5, 0.6) is 5.75 Å². The summed E-state index contributed by atoms with van der Waals surface area (Å²) in [6, 6.07) is 15.0. The van der Waals surface area contributed by atoms with Crippen molar-refractivity contribution < 1.29 is 38.5 Å². The lowest BCUT2D eigenvalue weighted by Crippen LogP contribution is -2.63. The molecule has 0 unspecified atom stereocenters. The zero-order chi connectivity index (χ0) is 45.7. The van der Waals surface area contributed by atoms with Gasteiger partial charge in [-0.05, 0) is 122 Å². The van der Waals surface area contributed by atoms with E-state index in [9.17, 15) is 24.3 Å². The summed E-state index contributed by atoms with van der Waals surface area (Å²) in [6.07, 6.45) is 4.49. The first-order chi connectivity index (χ1) is 30.5. The maximum atomic E-state index is 14.7. The highest BCUT2D eigenvalue weighted by atomic mass is 28.3. The van der Waals surface area contributed by atoms with E-state index in [0.29, 0.717) is 63.3 Å². The van der Waals surface area contributed by atoms with Gasteiger partial charge in [0.25, 0.3) is 14.9 Å². The Morgan fingerprint density at radius 1 is 1.12 bits per heavy atom. The van der Waals surface area contributed by atoms with Crippen LogP contribution < -0.4 is 10.1 Å². The molecule has 3 amide bonds. The number of ether oxygens (including phenoxy) is 3. The number of nitrogens with zero attached hydrogens (tertiary/aromatic N) is 4. The Balaban J connectivity index is 1.22. The van der Waals surface area contributed by atoms with Crippen LogP contribution in [-0.4, -0.2) is 112 Å². The predicted molar refractivity (Wildman–Crippen MR) is 246 cm³/mol. The molecule has 0 spiro atoms. The molecule has 5 aliphatic rings. The van der Waals surface area contributed by atoms with Crippen molar-refractivity contribution >= 4 is 52.9 Å².